The van der Waals surface area contributed by atoms with Crippen molar-refractivity contribution in [2.45, 2.75) is 18.9 Å². The van der Waals surface area contributed by atoms with Crippen molar-refractivity contribution in [1.82, 2.24) is 15.0 Å². The topological polar surface area (TPSA) is 59.2 Å². The second kappa shape index (κ2) is 6.99. The molecule has 4 rings (SSSR count). The van der Waals surface area contributed by atoms with Gasteiger partial charge in [-0.1, -0.05) is 51.4 Å². The summed E-state index contributed by atoms with van der Waals surface area (Å²) >= 11 is 3.42. The summed E-state index contributed by atoms with van der Waals surface area (Å²) in [4.78, 5) is 18.4. The summed E-state index contributed by atoms with van der Waals surface area (Å²) in [7, 11) is 0. The third kappa shape index (κ3) is 3.39. The summed E-state index contributed by atoms with van der Waals surface area (Å²) in [5.41, 5.74) is 1.34. The second-order valence-electron chi connectivity index (χ2n) is 6.23. The molecule has 0 radical (unpaired) electrons. The average Bonchev–Trinajstić information content (AvgIpc) is 3.24. The van der Waals surface area contributed by atoms with E-state index < -0.39 is 0 Å². The first-order chi connectivity index (χ1) is 12.6. The number of carbonyl (C=O) groups excluding carboxylic acids is 1. The van der Waals surface area contributed by atoms with E-state index in [1.807, 2.05) is 24.3 Å². The Kier molecular flexibility index (Phi) is 4.55. The number of carbonyl (C=O) groups is 1. The fourth-order valence-corrected chi connectivity index (χ4v) is 3.47. The molecule has 7 heteroatoms. The molecule has 0 bridgehead atoms. The van der Waals surface area contributed by atoms with Gasteiger partial charge >= 0.3 is 0 Å². The van der Waals surface area contributed by atoms with E-state index >= 15 is 0 Å². The maximum atomic E-state index is 13.8. The number of likely N-dealkylation sites (tertiary alicyclic amines) is 1. The van der Waals surface area contributed by atoms with E-state index in [1.165, 1.54) is 6.07 Å². The molecule has 1 atom stereocenters. The van der Waals surface area contributed by atoms with Crippen molar-refractivity contribution in [2.75, 3.05) is 6.54 Å². The van der Waals surface area contributed by atoms with Gasteiger partial charge in [-0.3, -0.25) is 4.79 Å². The number of benzene rings is 2. The molecule has 3 aromatic rings. The van der Waals surface area contributed by atoms with Crippen molar-refractivity contribution in [1.29, 1.82) is 0 Å². The van der Waals surface area contributed by atoms with Gasteiger partial charge < -0.3 is 9.42 Å². The molecule has 1 aliphatic rings. The lowest BCUT2D eigenvalue weighted by Crippen LogP contribution is -2.24. The monoisotopic (exact) mass is 415 g/mol. The molecule has 1 saturated heterocycles. The molecule has 0 aliphatic carbocycles. The van der Waals surface area contributed by atoms with Crippen LogP contribution in [0.1, 0.15) is 23.8 Å². The number of hydrogen-bond donors (Lipinski definition) is 0. The Labute approximate surface area is 158 Å². The summed E-state index contributed by atoms with van der Waals surface area (Å²) in [6, 6.07) is 14.1. The van der Waals surface area contributed by atoms with Crippen LogP contribution in [0.4, 0.5) is 4.39 Å². The summed E-state index contributed by atoms with van der Waals surface area (Å²) in [6.07, 6.45) is 0.286. The van der Waals surface area contributed by atoms with Gasteiger partial charge in [-0.2, -0.15) is 4.98 Å². The Hall–Kier alpha value is -2.54. The van der Waals surface area contributed by atoms with Crippen molar-refractivity contribution in [3.63, 3.8) is 0 Å². The van der Waals surface area contributed by atoms with Crippen molar-refractivity contribution in [2.24, 2.45) is 0 Å². The van der Waals surface area contributed by atoms with Gasteiger partial charge in [-0.05, 0) is 18.2 Å². The van der Waals surface area contributed by atoms with E-state index in [1.54, 1.807) is 23.1 Å². The normalized spacial score (nSPS) is 17.1. The van der Waals surface area contributed by atoms with Crippen LogP contribution in [0.15, 0.2) is 57.5 Å². The lowest BCUT2D eigenvalue weighted by Gasteiger charge is -2.16. The predicted octanol–water partition coefficient (Wildman–Crippen LogP) is 4.15. The Bertz CT molecular complexity index is 959. The second-order valence-corrected chi connectivity index (χ2v) is 7.15. The van der Waals surface area contributed by atoms with Gasteiger partial charge in [0, 0.05) is 35.1 Å². The summed E-state index contributed by atoms with van der Waals surface area (Å²) < 4.78 is 20.1. The number of aromatic nitrogens is 2. The minimum absolute atomic E-state index is 0.0412. The highest BCUT2D eigenvalue weighted by molar-refractivity contribution is 9.10. The molecule has 2 aromatic carbocycles. The highest BCUT2D eigenvalue weighted by Crippen LogP contribution is 2.30. The Morgan fingerprint density at radius 3 is 2.88 bits per heavy atom. The van der Waals surface area contributed by atoms with Crippen molar-refractivity contribution in [3.05, 3.63) is 70.3 Å². The van der Waals surface area contributed by atoms with Crippen LogP contribution in [0.2, 0.25) is 0 Å². The van der Waals surface area contributed by atoms with Crippen molar-refractivity contribution >= 4 is 21.8 Å². The SMILES string of the molecule is O=C1CC(c2nc(-c3cccc(Br)c3)no2)CN1Cc1ccccc1F. The molecule has 1 amide bonds. The molecule has 26 heavy (non-hydrogen) atoms. The quantitative estimate of drug-likeness (QED) is 0.641. The molecule has 132 valence electrons. The Morgan fingerprint density at radius 1 is 1.23 bits per heavy atom. The number of halogens is 2. The van der Waals surface area contributed by atoms with E-state index in [4.69, 9.17) is 4.52 Å². The highest BCUT2D eigenvalue weighted by atomic mass is 79.9. The standard InChI is InChI=1S/C19H15BrFN3O2/c20-15-6-3-5-12(8-15)18-22-19(26-23-18)14-9-17(25)24(11-14)10-13-4-1-2-7-16(13)21/h1-8,14H,9-11H2. The van der Waals surface area contributed by atoms with E-state index in [2.05, 4.69) is 26.1 Å². The lowest BCUT2D eigenvalue weighted by atomic mass is 10.1. The van der Waals surface area contributed by atoms with Gasteiger partial charge in [0.25, 0.3) is 0 Å². The number of hydrogen-bond acceptors (Lipinski definition) is 4. The zero-order valence-electron chi connectivity index (χ0n) is 13.7. The van der Waals surface area contributed by atoms with Crippen molar-refractivity contribution in [3.8, 4) is 11.4 Å². The third-order valence-corrected chi connectivity index (χ3v) is 4.90. The Morgan fingerprint density at radius 2 is 2.08 bits per heavy atom. The van der Waals surface area contributed by atoms with Gasteiger partial charge in [0.05, 0.1) is 5.92 Å². The fourth-order valence-electron chi connectivity index (χ4n) is 3.07. The van der Waals surface area contributed by atoms with Crippen LogP contribution < -0.4 is 0 Å². The van der Waals surface area contributed by atoms with Gasteiger partial charge in [-0.15, -0.1) is 0 Å². The maximum Gasteiger partial charge on any atom is 0.232 e. The largest absolute Gasteiger partial charge is 0.339 e. The molecule has 0 N–H and O–H groups in total. The van der Waals surface area contributed by atoms with Gasteiger partial charge in [0.2, 0.25) is 17.6 Å². The molecule has 1 aliphatic heterocycles. The average molecular weight is 416 g/mol. The van der Waals surface area contributed by atoms with Gasteiger partial charge in [0.1, 0.15) is 5.82 Å². The molecule has 1 fully saturated rings. The fraction of sp³-hybridized carbons (Fsp3) is 0.211. The first-order valence-electron chi connectivity index (χ1n) is 8.21. The van der Waals surface area contributed by atoms with Crippen LogP contribution in [0.3, 0.4) is 0 Å². The molecular weight excluding hydrogens is 401 g/mol. The zero-order valence-corrected chi connectivity index (χ0v) is 15.3. The van der Waals surface area contributed by atoms with E-state index in [0.29, 0.717) is 23.8 Å². The summed E-state index contributed by atoms with van der Waals surface area (Å²) in [5.74, 6) is 0.396. The number of amides is 1. The molecule has 0 spiro atoms. The predicted molar refractivity (Wildman–Crippen MR) is 96.6 cm³/mol. The highest BCUT2D eigenvalue weighted by Gasteiger charge is 2.34. The van der Waals surface area contributed by atoms with Crippen LogP contribution in [0.25, 0.3) is 11.4 Å². The summed E-state index contributed by atoms with van der Waals surface area (Å²) in [5, 5.41) is 4.02. The molecule has 2 heterocycles. The summed E-state index contributed by atoms with van der Waals surface area (Å²) in [6.45, 7) is 0.682. The first kappa shape index (κ1) is 16.9. The molecule has 1 aromatic heterocycles. The van der Waals surface area contributed by atoms with Crippen LogP contribution in [-0.2, 0) is 11.3 Å². The maximum absolute atomic E-state index is 13.8. The smallest absolute Gasteiger partial charge is 0.232 e. The molecule has 0 saturated carbocycles. The third-order valence-electron chi connectivity index (χ3n) is 4.41. The van der Waals surface area contributed by atoms with Gasteiger partial charge in [-0.25, -0.2) is 4.39 Å². The van der Waals surface area contributed by atoms with Crippen molar-refractivity contribution < 1.29 is 13.7 Å². The zero-order chi connectivity index (χ0) is 18.1. The first-order valence-corrected chi connectivity index (χ1v) is 9.00. The molecular formula is C19H15BrFN3O2. The minimum Gasteiger partial charge on any atom is -0.339 e. The van der Waals surface area contributed by atoms with E-state index in [9.17, 15) is 9.18 Å². The Balaban J connectivity index is 1.50. The molecule has 1 unspecified atom stereocenters. The van der Waals surface area contributed by atoms with Gasteiger partial charge in [0.15, 0.2) is 0 Å². The molecule has 5 nitrogen and oxygen atoms in total. The van der Waals surface area contributed by atoms with Crippen LogP contribution in [0, 0.1) is 5.82 Å². The minimum atomic E-state index is -0.307. The van der Waals surface area contributed by atoms with Crippen LogP contribution in [0.5, 0.6) is 0 Å². The van der Waals surface area contributed by atoms with E-state index in [0.717, 1.165) is 10.0 Å². The van der Waals surface area contributed by atoms with Crippen LogP contribution >= 0.6 is 15.9 Å². The lowest BCUT2D eigenvalue weighted by molar-refractivity contribution is -0.128. The number of rotatable bonds is 4. The van der Waals surface area contributed by atoms with Crippen LogP contribution in [-0.4, -0.2) is 27.5 Å². The van der Waals surface area contributed by atoms with E-state index in [-0.39, 0.29) is 30.6 Å². The number of nitrogens with zero attached hydrogens (tertiary/aromatic N) is 3.